The van der Waals surface area contributed by atoms with Gasteiger partial charge in [0.1, 0.15) is 0 Å². The molecule has 0 radical (unpaired) electrons. The molecule has 1 aromatic rings. The molecule has 1 amide bonds. The number of amides is 1. The van der Waals surface area contributed by atoms with Gasteiger partial charge in [0.25, 0.3) is 0 Å². The van der Waals surface area contributed by atoms with Gasteiger partial charge in [-0.15, -0.1) is 11.8 Å². The number of rotatable bonds is 13. The minimum atomic E-state index is 0.00919. The van der Waals surface area contributed by atoms with Crippen molar-refractivity contribution in [3.05, 3.63) is 29.8 Å². The van der Waals surface area contributed by atoms with E-state index in [1.54, 1.807) is 18.0 Å². The number of hydrogen-bond acceptors (Lipinski definition) is 3. The van der Waals surface area contributed by atoms with Crippen LogP contribution >= 0.6 is 11.8 Å². The van der Waals surface area contributed by atoms with Crippen LogP contribution in [0.3, 0.4) is 0 Å². The van der Waals surface area contributed by atoms with Crippen molar-refractivity contribution in [2.75, 3.05) is 6.26 Å². The Morgan fingerprint density at radius 2 is 1.58 bits per heavy atom. The lowest BCUT2D eigenvalue weighted by atomic mass is 10.1. The van der Waals surface area contributed by atoms with Crippen LogP contribution in [0.15, 0.2) is 34.3 Å². The number of unbranched alkanes of at least 4 members (excludes halogenated alkanes) is 8. The summed E-state index contributed by atoms with van der Waals surface area (Å²) in [7, 11) is 0. The number of benzene rings is 1. The zero-order valence-electron chi connectivity index (χ0n) is 15.2. The van der Waals surface area contributed by atoms with Crippen LogP contribution in [0, 0.1) is 0 Å². The summed E-state index contributed by atoms with van der Waals surface area (Å²) in [6.45, 7) is 2.25. The number of thioether (sulfide) groups is 1. The standard InChI is InChI=1S/C20H32N2OS/c1-3-4-5-6-7-8-9-10-11-12-20(23)22-21-17-18-13-15-19(24-2)16-14-18/h13-17H,3-12H2,1-2H3,(H,22,23). The molecule has 24 heavy (non-hydrogen) atoms. The molecule has 0 aliphatic carbocycles. The molecule has 1 aromatic carbocycles. The fraction of sp³-hybridized carbons (Fsp3) is 0.600. The average Bonchev–Trinajstić information content (AvgIpc) is 2.61. The molecule has 0 heterocycles. The third kappa shape index (κ3) is 10.5. The molecule has 1 rings (SSSR count). The van der Waals surface area contributed by atoms with Crippen LogP contribution in [0.25, 0.3) is 0 Å². The highest BCUT2D eigenvalue weighted by molar-refractivity contribution is 7.98. The van der Waals surface area contributed by atoms with Crippen LogP contribution in [0.2, 0.25) is 0 Å². The number of carbonyl (C=O) groups excluding carboxylic acids is 1. The van der Waals surface area contributed by atoms with E-state index in [0.717, 1.165) is 18.4 Å². The van der Waals surface area contributed by atoms with Gasteiger partial charge in [-0.1, -0.05) is 70.4 Å². The Morgan fingerprint density at radius 1 is 1.00 bits per heavy atom. The second-order valence-electron chi connectivity index (χ2n) is 6.14. The summed E-state index contributed by atoms with van der Waals surface area (Å²) in [5, 5.41) is 4.02. The quantitative estimate of drug-likeness (QED) is 0.212. The lowest BCUT2D eigenvalue weighted by Gasteiger charge is -2.02. The van der Waals surface area contributed by atoms with Crippen LogP contribution in [-0.4, -0.2) is 18.4 Å². The number of carbonyl (C=O) groups is 1. The Balaban J connectivity index is 2.02. The largest absolute Gasteiger partial charge is 0.273 e. The molecule has 0 aliphatic rings. The van der Waals surface area contributed by atoms with Gasteiger partial charge < -0.3 is 0 Å². The first-order valence-corrected chi connectivity index (χ1v) is 10.4. The van der Waals surface area contributed by atoms with Gasteiger partial charge in [0.2, 0.25) is 5.91 Å². The Labute approximate surface area is 151 Å². The number of hydrazone groups is 1. The van der Waals surface area contributed by atoms with E-state index in [4.69, 9.17) is 0 Å². The van der Waals surface area contributed by atoms with E-state index in [1.165, 1.54) is 49.8 Å². The van der Waals surface area contributed by atoms with Crippen LogP contribution in [0.1, 0.15) is 76.7 Å². The monoisotopic (exact) mass is 348 g/mol. The highest BCUT2D eigenvalue weighted by atomic mass is 32.2. The Morgan fingerprint density at radius 3 is 2.17 bits per heavy atom. The molecule has 0 spiro atoms. The molecular weight excluding hydrogens is 316 g/mol. The van der Waals surface area contributed by atoms with Gasteiger partial charge in [0.15, 0.2) is 0 Å². The van der Waals surface area contributed by atoms with E-state index in [-0.39, 0.29) is 5.91 Å². The zero-order valence-corrected chi connectivity index (χ0v) is 16.0. The van der Waals surface area contributed by atoms with Crippen molar-refractivity contribution in [3.8, 4) is 0 Å². The maximum absolute atomic E-state index is 11.7. The van der Waals surface area contributed by atoms with Crippen molar-refractivity contribution in [3.63, 3.8) is 0 Å². The molecule has 0 saturated heterocycles. The second kappa shape index (κ2) is 14.1. The zero-order chi connectivity index (χ0) is 17.5. The summed E-state index contributed by atoms with van der Waals surface area (Å²) in [6, 6.07) is 8.11. The molecule has 0 aromatic heterocycles. The van der Waals surface area contributed by atoms with Crippen molar-refractivity contribution in [2.24, 2.45) is 5.10 Å². The van der Waals surface area contributed by atoms with Crippen LogP contribution in [-0.2, 0) is 4.79 Å². The summed E-state index contributed by atoms with van der Waals surface area (Å²) >= 11 is 1.71. The molecular formula is C20H32N2OS. The van der Waals surface area contributed by atoms with Gasteiger partial charge in [-0.2, -0.15) is 5.10 Å². The molecule has 1 N–H and O–H groups in total. The Bertz CT molecular complexity index is 471. The van der Waals surface area contributed by atoms with Gasteiger partial charge in [-0.05, 0) is 30.4 Å². The summed E-state index contributed by atoms with van der Waals surface area (Å²) in [4.78, 5) is 12.9. The first kappa shape index (κ1) is 20.8. The molecule has 0 aliphatic heterocycles. The molecule has 134 valence electrons. The van der Waals surface area contributed by atoms with Crippen LogP contribution in [0.5, 0.6) is 0 Å². The third-order valence-corrected chi connectivity index (χ3v) is 4.77. The number of nitrogens with one attached hydrogen (secondary N) is 1. The molecule has 0 saturated carbocycles. The highest BCUT2D eigenvalue weighted by Gasteiger charge is 1.99. The minimum absolute atomic E-state index is 0.00919. The van der Waals surface area contributed by atoms with Crippen molar-refractivity contribution >= 4 is 23.9 Å². The van der Waals surface area contributed by atoms with E-state index < -0.39 is 0 Å². The summed E-state index contributed by atoms with van der Waals surface area (Å²) in [6.07, 6.45) is 15.7. The number of nitrogens with zero attached hydrogens (tertiary/aromatic N) is 1. The van der Waals surface area contributed by atoms with E-state index in [9.17, 15) is 4.79 Å². The molecule has 4 heteroatoms. The number of hydrogen-bond donors (Lipinski definition) is 1. The van der Waals surface area contributed by atoms with E-state index in [1.807, 2.05) is 12.1 Å². The summed E-state index contributed by atoms with van der Waals surface area (Å²) < 4.78 is 0. The lowest BCUT2D eigenvalue weighted by Crippen LogP contribution is -2.16. The maximum Gasteiger partial charge on any atom is 0.240 e. The Kier molecular flexibility index (Phi) is 12.2. The minimum Gasteiger partial charge on any atom is -0.273 e. The highest BCUT2D eigenvalue weighted by Crippen LogP contribution is 2.14. The van der Waals surface area contributed by atoms with Crippen molar-refractivity contribution < 1.29 is 4.79 Å². The van der Waals surface area contributed by atoms with E-state index in [2.05, 4.69) is 35.8 Å². The maximum atomic E-state index is 11.7. The predicted molar refractivity (Wildman–Crippen MR) is 106 cm³/mol. The van der Waals surface area contributed by atoms with Crippen molar-refractivity contribution in [1.82, 2.24) is 5.43 Å². The third-order valence-electron chi connectivity index (χ3n) is 4.03. The van der Waals surface area contributed by atoms with Crippen molar-refractivity contribution in [1.29, 1.82) is 0 Å². The van der Waals surface area contributed by atoms with Crippen LogP contribution < -0.4 is 5.43 Å². The van der Waals surface area contributed by atoms with E-state index in [0.29, 0.717) is 6.42 Å². The van der Waals surface area contributed by atoms with Gasteiger partial charge >= 0.3 is 0 Å². The van der Waals surface area contributed by atoms with E-state index >= 15 is 0 Å². The Hall–Kier alpha value is -1.29. The first-order valence-electron chi connectivity index (χ1n) is 9.22. The first-order chi connectivity index (χ1) is 11.8. The average molecular weight is 349 g/mol. The normalized spacial score (nSPS) is 11.1. The lowest BCUT2D eigenvalue weighted by molar-refractivity contribution is -0.121. The summed E-state index contributed by atoms with van der Waals surface area (Å²) in [5.74, 6) is 0.00919. The topological polar surface area (TPSA) is 41.5 Å². The van der Waals surface area contributed by atoms with Gasteiger partial charge in [-0.3, -0.25) is 4.79 Å². The fourth-order valence-electron chi connectivity index (χ4n) is 2.52. The van der Waals surface area contributed by atoms with Crippen LogP contribution in [0.4, 0.5) is 0 Å². The molecule has 0 unspecified atom stereocenters. The molecule has 0 atom stereocenters. The van der Waals surface area contributed by atoms with Gasteiger partial charge in [-0.25, -0.2) is 5.43 Å². The molecule has 0 bridgehead atoms. The SMILES string of the molecule is CCCCCCCCCCCC(=O)NN=Cc1ccc(SC)cc1. The fourth-order valence-corrected chi connectivity index (χ4v) is 2.93. The molecule has 3 nitrogen and oxygen atoms in total. The second-order valence-corrected chi connectivity index (χ2v) is 7.02. The van der Waals surface area contributed by atoms with Gasteiger partial charge in [0, 0.05) is 11.3 Å². The van der Waals surface area contributed by atoms with Crippen molar-refractivity contribution in [2.45, 2.75) is 76.0 Å². The smallest absolute Gasteiger partial charge is 0.240 e. The predicted octanol–water partition coefficient (Wildman–Crippen LogP) is 5.78. The van der Waals surface area contributed by atoms with Gasteiger partial charge in [0.05, 0.1) is 6.21 Å². The molecule has 0 fully saturated rings. The summed E-state index contributed by atoms with van der Waals surface area (Å²) in [5.41, 5.74) is 3.61.